The third-order valence-corrected chi connectivity index (χ3v) is 3.44. The second kappa shape index (κ2) is 8.84. The van der Waals surface area contributed by atoms with E-state index >= 15 is 0 Å². The van der Waals surface area contributed by atoms with E-state index in [0.717, 1.165) is 0 Å². The Hall–Kier alpha value is -3.09. The van der Waals surface area contributed by atoms with Gasteiger partial charge in [-0.05, 0) is 50.2 Å². The van der Waals surface area contributed by atoms with E-state index in [4.69, 9.17) is 14.2 Å². The minimum absolute atomic E-state index is 0.222. The molecule has 6 nitrogen and oxygen atoms in total. The van der Waals surface area contributed by atoms with Gasteiger partial charge in [0.05, 0.1) is 19.3 Å². The second-order valence-corrected chi connectivity index (χ2v) is 5.35. The van der Waals surface area contributed by atoms with Gasteiger partial charge in [0.15, 0.2) is 17.6 Å². The van der Waals surface area contributed by atoms with Crippen molar-refractivity contribution in [2.45, 2.75) is 20.0 Å². The van der Waals surface area contributed by atoms with Gasteiger partial charge in [0.2, 0.25) is 0 Å². The van der Waals surface area contributed by atoms with Crippen LogP contribution in [0, 0.1) is 5.82 Å². The Morgan fingerprint density at radius 3 is 2.58 bits per heavy atom. The summed E-state index contributed by atoms with van der Waals surface area (Å²) < 4.78 is 28.9. The number of hydrogen-bond donors (Lipinski definition) is 1. The summed E-state index contributed by atoms with van der Waals surface area (Å²) in [6, 6.07) is 10.0. The van der Waals surface area contributed by atoms with E-state index < -0.39 is 23.8 Å². The number of anilines is 1. The molecule has 2 aromatic carbocycles. The highest BCUT2D eigenvalue weighted by Gasteiger charge is 2.20. The van der Waals surface area contributed by atoms with Gasteiger partial charge in [-0.1, -0.05) is 6.07 Å². The fourth-order valence-electron chi connectivity index (χ4n) is 2.16. The summed E-state index contributed by atoms with van der Waals surface area (Å²) in [7, 11) is 1.49. The predicted molar refractivity (Wildman–Crippen MR) is 94.1 cm³/mol. The lowest BCUT2D eigenvalue weighted by Gasteiger charge is -2.15. The van der Waals surface area contributed by atoms with Crippen molar-refractivity contribution in [1.82, 2.24) is 0 Å². The van der Waals surface area contributed by atoms with Crippen LogP contribution >= 0.6 is 0 Å². The number of halogens is 1. The van der Waals surface area contributed by atoms with E-state index in [9.17, 15) is 14.0 Å². The number of rotatable bonds is 7. The van der Waals surface area contributed by atoms with Crippen LogP contribution in [-0.2, 0) is 9.53 Å². The van der Waals surface area contributed by atoms with E-state index in [2.05, 4.69) is 5.32 Å². The van der Waals surface area contributed by atoms with Crippen molar-refractivity contribution in [2.24, 2.45) is 0 Å². The van der Waals surface area contributed by atoms with Gasteiger partial charge in [0, 0.05) is 5.69 Å². The molecule has 26 heavy (non-hydrogen) atoms. The first kappa shape index (κ1) is 19.2. The molecule has 0 unspecified atom stereocenters. The van der Waals surface area contributed by atoms with Gasteiger partial charge in [-0.15, -0.1) is 0 Å². The van der Waals surface area contributed by atoms with E-state index in [1.807, 2.05) is 6.92 Å². The van der Waals surface area contributed by atoms with Gasteiger partial charge in [-0.3, -0.25) is 4.79 Å². The van der Waals surface area contributed by atoms with Crippen LogP contribution in [-0.4, -0.2) is 31.7 Å². The fraction of sp³-hybridized carbons (Fsp3) is 0.263. The SMILES string of the molecule is CCOc1cc(C(=O)O[C@H](C)C(=O)Nc2cccc(F)c2)ccc1OC. The Balaban J connectivity index is 2.04. The summed E-state index contributed by atoms with van der Waals surface area (Å²) in [5.41, 5.74) is 0.501. The van der Waals surface area contributed by atoms with Crippen molar-refractivity contribution >= 4 is 17.6 Å². The molecule has 0 aliphatic heterocycles. The van der Waals surface area contributed by atoms with Crippen molar-refractivity contribution in [3.8, 4) is 11.5 Å². The van der Waals surface area contributed by atoms with E-state index in [1.54, 1.807) is 6.07 Å². The molecule has 138 valence electrons. The molecule has 1 amide bonds. The molecule has 0 aromatic heterocycles. The zero-order chi connectivity index (χ0) is 19.1. The third kappa shape index (κ3) is 4.95. The van der Waals surface area contributed by atoms with Gasteiger partial charge in [-0.2, -0.15) is 0 Å². The summed E-state index contributed by atoms with van der Waals surface area (Å²) in [5.74, 6) is -0.839. The van der Waals surface area contributed by atoms with Gasteiger partial charge >= 0.3 is 5.97 Å². The van der Waals surface area contributed by atoms with Crippen LogP contribution in [0.2, 0.25) is 0 Å². The lowest BCUT2D eigenvalue weighted by atomic mass is 10.2. The highest BCUT2D eigenvalue weighted by molar-refractivity contribution is 5.97. The number of amides is 1. The van der Waals surface area contributed by atoms with Crippen LogP contribution in [0.25, 0.3) is 0 Å². The first-order valence-electron chi connectivity index (χ1n) is 8.02. The molecule has 0 saturated carbocycles. The third-order valence-electron chi connectivity index (χ3n) is 3.44. The number of nitrogens with one attached hydrogen (secondary N) is 1. The zero-order valence-electron chi connectivity index (χ0n) is 14.7. The summed E-state index contributed by atoms with van der Waals surface area (Å²) in [5, 5.41) is 2.49. The smallest absolute Gasteiger partial charge is 0.339 e. The van der Waals surface area contributed by atoms with Gasteiger partial charge in [0.25, 0.3) is 5.91 Å². The molecule has 0 aliphatic rings. The lowest BCUT2D eigenvalue weighted by Crippen LogP contribution is -2.30. The van der Waals surface area contributed by atoms with Gasteiger partial charge in [0.1, 0.15) is 5.82 Å². The van der Waals surface area contributed by atoms with Crippen LogP contribution in [0.1, 0.15) is 24.2 Å². The van der Waals surface area contributed by atoms with E-state index in [-0.39, 0.29) is 11.3 Å². The maximum Gasteiger partial charge on any atom is 0.339 e. The highest BCUT2D eigenvalue weighted by Crippen LogP contribution is 2.28. The van der Waals surface area contributed by atoms with Crippen molar-refractivity contribution in [3.63, 3.8) is 0 Å². The Morgan fingerprint density at radius 1 is 1.15 bits per heavy atom. The van der Waals surface area contributed by atoms with Crippen molar-refractivity contribution in [2.75, 3.05) is 19.0 Å². The molecule has 0 heterocycles. The van der Waals surface area contributed by atoms with Crippen LogP contribution in [0.3, 0.4) is 0 Å². The first-order valence-corrected chi connectivity index (χ1v) is 8.02. The maximum atomic E-state index is 13.2. The minimum atomic E-state index is -1.07. The molecule has 0 bridgehead atoms. The predicted octanol–water partition coefficient (Wildman–Crippen LogP) is 3.42. The number of ether oxygens (including phenoxy) is 3. The molecule has 0 aliphatic carbocycles. The molecule has 1 atom stereocenters. The van der Waals surface area contributed by atoms with Gasteiger partial charge in [-0.25, -0.2) is 9.18 Å². The molecule has 7 heteroatoms. The number of carbonyl (C=O) groups is 2. The van der Waals surface area contributed by atoms with E-state index in [0.29, 0.717) is 18.1 Å². The van der Waals surface area contributed by atoms with Crippen molar-refractivity contribution in [3.05, 3.63) is 53.8 Å². The number of benzene rings is 2. The number of esters is 1. The number of carbonyl (C=O) groups excluding carboxylic acids is 2. The molecule has 2 rings (SSSR count). The quantitative estimate of drug-likeness (QED) is 0.765. The molecular weight excluding hydrogens is 341 g/mol. The fourth-order valence-corrected chi connectivity index (χ4v) is 2.16. The van der Waals surface area contributed by atoms with Crippen molar-refractivity contribution < 1.29 is 28.2 Å². The molecule has 0 fully saturated rings. The molecular formula is C19H20FNO5. The van der Waals surface area contributed by atoms with E-state index in [1.165, 1.54) is 50.4 Å². The Bertz CT molecular complexity index is 793. The standard InChI is InChI=1S/C19H20FNO5/c1-4-25-17-10-13(8-9-16(17)24-3)19(23)26-12(2)18(22)21-15-7-5-6-14(20)11-15/h5-12H,4H2,1-3H3,(H,21,22)/t12-/m1/s1. The first-order chi connectivity index (χ1) is 12.4. The Labute approximate surface area is 150 Å². The van der Waals surface area contributed by atoms with Gasteiger partial charge < -0.3 is 19.5 Å². The van der Waals surface area contributed by atoms with Crippen molar-refractivity contribution in [1.29, 1.82) is 0 Å². The Kier molecular flexibility index (Phi) is 6.54. The molecule has 0 radical (unpaired) electrons. The lowest BCUT2D eigenvalue weighted by molar-refractivity contribution is -0.123. The van der Waals surface area contributed by atoms with Crippen LogP contribution in [0.4, 0.5) is 10.1 Å². The maximum absolute atomic E-state index is 13.2. The van der Waals surface area contributed by atoms with Crippen LogP contribution in [0.15, 0.2) is 42.5 Å². The second-order valence-electron chi connectivity index (χ2n) is 5.35. The molecule has 0 spiro atoms. The zero-order valence-corrected chi connectivity index (χ0v) is 14.7. The largest absolute Gasteiger partial charge is 0.493 e. The normalized spacial score (nSPS) is 11.4. The average molecular weight is 361 g/mol. The number of hydrogen-bond acceptors (Lipinski definition) is 5. The summed E-state index contributed by atoms with van der Waals surface area (Å²) in [4.78, 5) is 24.4. The topological polar surface area (TPSA) is 73.9 Å². The minimum Gasteiger partial charge on any atom is -0.493 e. The molecule has 2 aromatic rings. The number of methoxy groups -OCH3 is 1. The van der Waals surface area contributed by atoms with Crippen LogP contribution < -0.4 is 14.8 Å². The summed E-state index contributed by atoms with van der Waals surface area (Å²) >= 11 is 0. The average Bonchev–Trinajstić information content (AvgIpc) is 2.61. The van der Waals surface area contributed by atoms with Crippen LogP contribution in [0.5, 0.6) is 11.5 Å². The molecule has 1 N–H and O–H groups in total. The Morgan fingerprint density at radius 2 is 1.92 bits per heavy atom. The highest BCUT2D eigenvalue weighted by atomic mass is 19.1. The molecule has 0 saturated heterocycles. The summed E-state index contributed by atoms with van der Waals surface area (Å²) in [6.45, 7) is 3.64. The summed E-state index contributed by atoms with van der Waals surface area (Å²) in [6.07, 6.45) is -1.07. The monoisotopic (exact) mass is 361 g/mol.